The van der Waals surface area contributed by atoms with Crippen LogP contribution in [0.3, 0.4) is 0 Å². The summed E-state index contributed by atoms with van der Waals surface area (Å²) in [5.74, 6) is 0. The first-order chi connectivity index (χ1) is 3.98. The van der Waals surface area contributed by atoms with Gasteiger partial charge in [0.25, 0.3) is 6.26 Å². The molecule has 5 nitrogen and oxygen atoms in total. The number of hydrogen-bond donors (Lipinski definition) is 1. The largest absolute Gasteiger partial charge is 0.405 e. The van der Waals surface area contributed by atoms with Gasteiger partial charge in [0.2, 0.25) is 5.44 Å². The second-order valence-electron chi connectivity index (χ2n) is 1.29. The van der Waals surface area contributed by atoms with Crippen LogP contribution in [0.5, 0.6) is 0 Å². The van der Waals surface area contributed by atoms with Crippen molar-refractivity contribution in [3.8, 4) is 6.26 Å². The average Bonchev–Trinajstić information content (AvgIpc) is 1.64. The number of hydrogen-bond acceptors (Lipinski definition) is 4. The van der Waals surface area contributed by atoms with Crippen molar-refractivity contribution in [2.45, 2.75) is 12.4 Å². The van der Waals surface area contributed by atoms with E-state index < -0.39 is 15.6 Å². The van der Waals surface area contributed by atoms with Crippen molar-refractivity contribution in [1.82, 2.24) is 0 Å². The Kier molecular flexibility index (Phi) is 2.42. The number of nitrogens with zero attached hydrogens (tertiary/aromatic N) is 1. The topological polar surface area (TPSA) is 87.4 Å². The predicted octanol–water partition coefficient (Wildman–Crippen LogP) is -0.282. The van der Waals surface area contributed by atoms with Crippen molar-refractivity contribution in [2.24, 2.45) is 0 Å². The lowest BCUT2D eigenvalue weighted by Gasteiger charge is -2.00. The van der Waals surface area contributed by atoms with E-state index in [1.165, 1.54) is 0 Å². The van der Waals surface area contributed by atoms with Crippen molar-refractivity contribution in [3.63, 3.8) is 0 Å². The summed E-state index contributed by atoms with van der Waals surface area (Å²) >= 11 is 0. The van der Waals surface area contributed by atoms with E-state index in [-0.39, 0.29) is 0 Å². The van der Waals surface area contributed by atoms with Crippen molar-refractivity contribution < 1.29 is 17.7 Å². The molecule has 0 saturated heterocycles. The molecule has 0 aliphatic rings. The summed E-state index contributed by atoms with van der Waals surface area (Å²) in [6, 6.07) is 0. The third-order valence-corrected chi connectivity index (χ3v) is 1.57. The first-order valence-corrected chi connectivity index (χ1v) is 3.50. The van der Waals surface area contributed by atoms with E-state index in [0.717, 1.165) is 13.2 Å². The summed E-state index contributed by atoms with van der Waals surface area (Å²) in [7, 11) is -4.21. The first kappa shape index (κ1) is 8.20. The third-order valence-electron chi connectivity index (χ3n) is 0.638. The van der Waals surface area contributed by atoms with E-state index >= 15 is 0 Å². The standard InChI is InChI=1S/C3H5NO4S/c1-3(8-2-4)9(5,6)7/h3H,1H3,(H,5,6,7). The van der Waals surface area contributed by atoms with Gasteiger partial charge in [-0.25, -0.2) is 0 Å². The Morgan fingerprint density at radius 2 is 2.22 bits per heavy atom. The summed E-state index contributed by atoms with van der Waals surface area (Å²) in [6.45, 7) is 1.05. The maximum atomic E-state index is 10.0. The van der Waals surface area contributed by atoms with Gasteiger partial charge in [-0.3, -0.25) is 4.55 Å². The number of rotatable bonds is 2. The third kappa shape index (κ3) is 2.90. The molecule has 0 fully saturated rings. The molecular formula is C3H5NO4S. The molecule has 0 amide bonds. The molecule has 0 aliphatic heterocycles. The van der Waals surface area contributed by atoms with Gasteiger partial charge in [0, 0.05) is 0 Å². The van der Waals surface area contributed by atoms with E-state index in [4.69, 9.17) is 9.81 Å². The van der Waals surface area contributed by atoms with Gasteiger partial charge in [0.05, 0.1) is 0 Å². The Balaban J connectivity index is 4.10. The smallest absolute Gasteiger partial charge is 0.304 e. The fourth-order valence-electron chi connectivity index (χ4n) is 0.135. The van der Waals surface area contributed by atoms with Crippen molar-refractivity contribution in [3.05, 3.63) is 0 Å². The number of ether oxygens (including phenoxy) is 1. The minimum atomic E-state index is -4.21. The maximum Gasteiger partial charge on any atom is 0.304 e. The van der Waals surface area contributed by atoms with Gasteiger partial charge in [0.15, 0.2) is 0 Å². The molecule has 0 aliphatic carbocycles. The molecule has 0 spiro atoms. The van der Waals surface area contributed by atoms with Crippen LogP contribution in [0.4, 0.5) is 0 Å². The van der Waals surface area contributed by atoms with Crippen LogP contribution in [0.1, 0.15) is 6.92 Å². The monoisotopic (exact) mass is 151 g/mol. The van der Waals surface area contributed by atoms with Gasteiger partial charge in [-0.05, 0) is 6.92 Å². The van der Waals surface area contributed by atoms with E-state index in [1.807, 2.05) is 0 Å². The first-order valence-electron chi connectivity index (χ1n) is 1.99. The fourth-order valence-corrected chi connectivity index (χ4v) is 0.300. The SMILES string of the molecule is CC(OC#N)S(=O)(=O)O. The molecule has 52 valence electrons. The van der Waals surface area contributed by atoms with Crippen LogP contribution in [0.2, 0.25) is 0 Å². The second kappa shape index (κ2) is 2.66. The van der Waals surface area contributed by atoms with Crippen molar-refractivity contribution in [2.75, 3.05) is 0 Å². The summed E-state index contributed by atoms with van der Waals surface area (Å²) in [5, 5.41) is 7.75. The molecular weight excluding hydrogens is 146 g/mol. The van der Waals surface area contributed by atoms with Crippen LogP contribution in [-0.2, 0) is 14.9 Å². The number of nitriles is 1. The van der Waals surface area contributed by atoms with Crippen LogP contribution in [-0.4, -0.2) is 18.4 Å². The highest BCUT2D eigenvalue weighted by atomic mass is 32.2. The molecule has 0 heterocycles. The second-order valence-corrected chi connectivity index (χ2v) is 2.99. The van der Waals surface area contributed by atoms with E-state index in [0.29, 0.717) is 0 Å². The molecule has 0 radical (unpaired) electrons. The van der Waals surface area contributed by atoms with Gasteiger partial charge < -0.3 is 4.74 Å². The molecule has 0 aromatic carbocycles. The Hall–Kier alpha value is -0.800. The Bertz CT molecular complexity index is 212. The molecule has 1 N–H and O–H groups in total. The highest BCUT2D eigenvalue weighted by molar-refractivity contribution is 7.86. The highest BCUT2D eigenvalue weighted by Crippen LogP contribution is 1.96. The lowest BCUT2D eigenvalue weighted by Crippen LogP contribution is -2.17. The zero-order valence-electron chi connectivity index (χ0n) is 4.60. The van der Waals surface area contributed by atoms with Gasteiger partial charge in [-0.2, -0.15) is 13.7 Å². The molecule has 9 heavy (non-hydrogen) atoms. The molecule has 0 aromatic heterocycles. The summed E-state index contributed by atoms with van der Waals surface area (Å²) in [6.07, 6.45) is 1.13. The summed E-state index contributed by atoms with van der Waals surface area (Å²) < 4.78 is 32.0. The normalized spacial score (nSPS) is 13.9. The minimum Gasteiger partial charge on any atom is -0.405 e. The van der Waals surface area contributed by atoms with Crippen LogP contribution >= 0.6 is 0 Å². The zero-order valence-corrected chi connectivity index (χ0v) is 5.42. The van der Waals surface area contributed by atoms with Crippen LogP contribution in [0, 0.1) is 11.5 Å². The van der Waals surface area contributed by atoms with Crippen LogP contribution in [0.25, 0.3) is 0 Å². The lowest BCUT2D eigenvalue weighted by atomic mass is 10.9. The molecule has 0 bridgehead atoms. The summed E-state index contributed by atoms with van der Waals surface area (Å²) in [4.78, 5) is 0. The van der Waals surface area contributed by atoms with Gasteiger partial charge in [-0.15, -0.1) is 0 Å². The fraction of sp³-hybridized carbons (Fsp3) is 0.667. The summed E-state index contributed by atoms with van der Waals surface area (Å²) in [5.41, 5.74) is -1.47. The molecule has 0 aromatic rings. The van der Waals surface area contributed by atoms with Crippen LogP contribution < -0.4 is 0 Å². The van der Waals surface area contributed by atoms with E-state index in [1.54, 1.807) is 0 Å². The Morgan fingerprint density at radius 3 is 2.33 bits per heavy atom. The van der Waals surface area contributed by atoms with Gasteiger partial charge in [0.1, 0.15) is 0 Å². The van der Waals surface area contributed by atoms with E-state index in [9.17, 15) is 8.42 Å². The highest BCUT2D eigenvalue weighted by Gasteiger charge is 2.17. The quantitative estimate of drug-likeness (QED) is 0.433. The van der Waals surface area contributed by atoms with E-state index in [2.05, 4.69) is 4.74 Å². The molecule has 0 saturated carbocycles. The Labute approximate surface area is 52.6 Å². The minimum absolute atomic E-state index is 1.05. The molecule has 0 rings (SSSR count). The van der Waals surface area contributed by atoms with Crippen molar-refractivity contribution >= 4 is 10.1 Å². The van der Waals surface area contributed by atoms with Crippen molar-refractivity contribution in [1.29, 1.82) is 5.26 Å². The predicted molar refractivity (Wildman–Crippen MR) is 27.7 cm³/mol. The van der Waals surface area contributed by atoms with Gasteiger partial charge in [-0.1, -0.05) is 0 Å². The average molecular weight is 151 g/mol. The lowest BCUT2D eigenvalue weighted by molar-refractivity contribution is 0.233. The molecule has 6 heteroatoms. The molecule has 1 atom stereocenters. The molecule has 1 unspecified atom stereocenters. The Morgan fingerprint density at radius 1 is 1.78 bits per heavy atom. The zero-order chi connectivity index (χ0) is 7.49. The maximum absolute atomic E-state index is 10.0. The van der Waals surface area contributed by atoms with Crippen LogP contribution in [0.15, 0.2) is 0 Å². The van der Waals surface area contributed by atoms with Gasteiger partial charge >= 0.3 is 10.1 Å².